The van der Waals surface area contributed by atoms with E-state index in [2.05, 4.69) is 15.6 Å². The summed E-state index contributed by atoms with van der Waals surface area (Å²) in [5, 5.41) is 11.4. The summed E-state index contributed by atoms with van der Waals surface area (Å²) in [6, 6.07) is 7.16. The molecule has 4 rings (SSSR count). The van der Waals surface area contributed by atoms with E-state index < -0.39 is 25.6 Å². The number of benzene rings is 1. The van der Waals surface area contributed by atoms with Crippen molar-refractivity contribution in [2.45, 2.75) is 50.4 Å². The molecule has 152 valence electrons. The molecule has 1 aliphatic carbocycles. The van der Waals surface area contributed by atoms with Crippen LogP contribution in [0.3, 0.4) is 0 Å². The predicted octanol–water partition coefficient (Wildman–Crippen LogP) is 5.88. The van der Waals surface area contributed by atoms with Crippen molar-refractivity contribution < 1.29 is 8.78 Å². The fourth-order valence-corrected chi connectivity index (χ4v) is 4.74. The van der Waals surface area contributed by atoms with Crippen LogP contribution in [0.4, 0.5) is 8.78 Å². The molecule has 1 fully saturated rings. The van der Waals surface area contributed by atoms with Gasteiger partial charge in [0.25, 0.3) is 0 Å². The van der Waals surface area contributed by atoms with Crippen LogP contribution in [0.25, 0.3) is 10.9 Å². The maximum atomic E-state index is 13.6. The molecule has 7 heteroatoms. The molecule has 1 aromatic heterocycles. The quantitative estimate of drug-likeness (QED) is 0.611. The molecule has 1 saturated carbocycles. The summed E-state index contributed by atoms with van der Waals surface area (Å²) in [6.45, 7) is -1.66. The first kappa shape index (κ1) is 19.9. The third kappa shape index (κ3) is 3.53. The number of nitriles is 1. The second-order valence-corrected chi connectivity index (χ2v) is 8.05. The lowest BCUT2D eigenvalue weighted by atomic mass is 9.94. The smallest absolute Gasteiger partial charge is 0.163 e. The average molecular weight is 417 g/mol. The third-order valence-electron chi connectivity index (χ3n) is 5.93. The molecule has 0 spiro atoms. The van der Waals surface area contributed by atoms with Crippen molar-refractivity contribution in [3.8, 4) is 6.07 Å². The van der Waals surface area contributed by atoms with E-state index in [1.807, 2.05) is 12.1 Å². The maximum Gasteiger partial charge on any atom is 0.163 e. The Hall–Kier alpha value is -2.39. The molecule has 0 saturated heterocycles. The largest absolute Gasteiger partial charge is 0.343 e. The lowest BCUT2D eigenvalue weighted by Crippen LogP contribution is -2.39. The van der Waals surface area contributed by atoms with Crippen molar-refractivity contribution in [2.75, 3.05) is 13.3 Å². The van der Waals surface area contributed by atoms with Crippen LogP contribution in [-0.4, -0.2) is 35.1 Å². The number of fused-ring (bicyclic) bond motifs is 1. The summed E-state index contributed by atoms with van der Waals surface area (Å²) < 4.78 is 29.3. The minimum absolute atomic E-state index is 0.224. The van der Waals surface area contributed by atoms with Gasteiger partial charge in [-0.1, -0.05) is 30.9 Å². The van der Waals surface area contributed by atoms with Gasteiger partial charge in [0.15, 0.2) is 6.17 Å². The SMILES string of the molecule is N#Cc1c(C2N=CC=CN2C(CF)CF)n(C2CCCCC2)c2ccc(Cl)cc12. The molecular formula is C22H23ClF2N4. The van der Waals surface area contributed by atoms with Gasteiger partial charge in [-0.15, -0.1) is 0 Å². The zero-order valence-corrected chi connectivity index (χ0v) is 16.8. The Kier molecular flexibility index (Phi) is 5.86. The van der Waals surface area contributed by atoms with Crippen LogP contribution in [0.1, 0.15) is 55.6 Å². The summed E-state index contributed by atoms with van der Waals surface area (Å²) >= 11 is 6.24. The lowest BCUT2D eigenvalue weighted by molar-refractivity contribution is 0.141. The summed E-state index contributed by atoms with van der Waals surface area (Å²) in [4.78, 5) is 6.15. The van der Waals surface area contributed by atoms with Crippen molar-refractivity contribution in [3.63, 3.8) is 0 Å². The van der Waals surface area contributed by atoms with Crippen LogP contribution in [0.5, 0.6) is 0 Å². The van der Waals surface area contributed by atoms with Crippen molar-refractivity contribution >= 4 is 28.7 Å². The minimum atomic E-state index is -0.943. The second kappa shape index (κ2) is 8.54. The molecule has 0 amide bonds. The molecule has 1 aliphatic heterocycles. The normalized spacial score (nSPS) is 20.0. The highest BCUT2D eigenvalue weighted by atomic mass is 35.5. The summed E-state index contributed by atoms with van der Waals surface area (Å²) in [7, 11) is 0. The van der Waals surface area contributed by atoms with Gasteiger partial charge in [-0.25, -0.2) is 8.78 Å². The second-order valence-electron chi connectivity index (χ2n) is 7.62. The lowest BCUT2D eigenvalue weighted by Gasteiger charge is -2.36. The molecule has 0 bridgehead atoms. The predicted molar refractivity (Wildman–Crippen MR) is 112 cm³/mol. The summed E-state index contributed by atoms with van der Waals surface area (Å²) in [5.41, 5.74) is 2.10. The van der Waals surface area contributed by atoms with Crippen molar-refractivity contribution in [1.29, 1.82) is 5.26 Å². The monoisotopic (exact) mass is 416 g/mol. The Morgan fingerprint density at radius 1 is 1.21 bits per heavy atom. The van der Waals surface area contributed by atoms with Crippen LogP contribution in [0.15, 0.2) is 35.5 Å². The van der Waals surface area contributed by atoms with Gasteiger partial charge in [0.05, 0.1) is 22.8 Å². The molecule has 0 N–H and O–H groups in total. The molecule has 0 radical (unpaired) electrons. The zero-order chi connectivity index (χ0) is 20.4. The standard InChI is InChI=1S/C22H23ClF2N4/c23-15-7-8-20-18(11-15)19(14-26)21(29(20)16-5-2-1-3-6-16)22-27-9-4-10-28(22)17(12-24)13-25/h4,7-11,16-17,22H,1-3,5-6,12-13H2. The van der Waals surface area contributed by atoms with Gasteiger partial charge in [-0.05, 0) is 37.1 Å². The van der Waals surface area contributed by atoms with Gasteiger partial charge < -0.3 is 9.47 Å². The van der Waals surface area contributed by atoms with Crippen LogP contribution < -0.4 is 0 Å². The first-order chi connectivity index (χ1) is 14.2. The van der Waals surface area contributed by atoms with Crippen molar-refractivity contribution in [2.24, 2.45) is 4.99 Å². The average Bonchev–Trinajstić information content (AvgIpc) is 3.08. The molecular weight excluding hydrogens is 394 g/mol. The number of hydrogen-bond donors (Lipinski definition) is 0. The molecule has 1 atom stereocenters. The Morgan fingerprint density at radius 2 is 1.97 bits per heavy atom. The Morgan fingerprint density at radius 3 is 2.66 bits per heavy atom. The van der Waals surface area contributed by atoms with Crippen molar-refractivity contribution in [3.05, 3.63) is 46.8 Å². The van der Waals surface area contributed by atoms with Gasteiger partial charge >= 0.3 is 0 Å². The number of rotatable bonds is 5. The summed E-state index contributed by atoms with van der Waals surface area (Å²) in [5.74, 6) is 0. The first-order valence-electron chi connectivity index (χ1n) is 10.0. The topological polar surface area (TPSA) is 44.3 Å². The Labute approximate surface area is 174 Å². The number of aliphatic imine (C=N–C) groups is 1. The fourth-order valence-electron chi connectivity index (χ4n) is 4.57. The van der Waals surface area contributed by atoms with Crippen LogP contribution in [0, 0.1) is 11.3 Å². The van der Waals surface area contributed by atoms with Crippen LogP contribution >= 0.6 is 11.6 Å². The maximum absolute atomic E-state index is 13.6. The van der Waals surface area contributed by atoms with Gasteiger partial charge in [-0.3, -0.25) is 4.99 Å². The number of hydrogen-bond acceptors (Lipinski definition) is 3. The van der Waals surface area contributed by atoms with E-state index in [-0.39, 0.29) is 6.04 Å². The molecule has 2 aliphatic rings. The molecule has 1 unspecified atom stereocenters. The highest BCUT2D eigenvalue weighted by molar-refractivity contribution is 6.31. The fraction of sp³-hybridized carbons (Fsp3) is 0.455. The van der Waals surface area contributed by atoms with Gasteiger partial charge in [0.2, 0.25) is 0 Å². The minimum Gasteiger partial charge on any atom is -0.343 e. The Balaban J connectivity index is 1.95. The van der Waals surface area contributed by atoms with E-state index in [1.54, 1.807) is 29.5 Å². The van der Waals surface area contributed by atoms with E-state index >= 15 is 0 Å². The van der Waals surface area contributed by atoms with Gasteiger partial charge in [0.1, 0.15) is 19.4 Å². The number of halogens is 3. The highest BCUT2D eigenvalue weighted by Gasteiger charge is 2.34. The van der Waals surface area contributed by atoms with E-state index in [9.17, 15) is 14.0 Å². The molecule has 4 nitrogen and oxygen atoms in total. The molecule has 1 aromatic carbocycles. The van der Waals surface area contributed by atoms with E-state index in [4.69, 9.17) is 11.6 Å². The van der Waals surface area contributed by atoms with Crippen LogP contribution in [0.2, 0.25) is 5.02 Å². The number of alkyl halides is 2. The first-order valence-corrected chi connectivity index (χ1v) is 10.4. The highest BCUT2D eigenvalue weighted by Crippen LogP contribution is 2.41. The van der Waals surface area contributed by atoms with E-state index in [0.29, 0.717) is 16.3 Å². The van der Waals surface area contributed by atoms with E-state index in [0.717, 1.165) is 36.6 Å². The number of nitrogens with zero attached hydrogens (tertiary/aromatic N) is 4. The number of aromatic nitrogens is 1. The van der Waals surface area contributed by atoms with Crippen LogP contribution in [-0.2, 0) is 0 Å². The Bertz CT molecular complexity index is 981. The molecule has 2 aromatic rings. The third-order valence-corrected chi connectivity index (χ3v) is 6.17. The van der Waals surface area contributed by atoms with Gasteiger partial charge in [0, 0.05) is 28.9 Å². The van der Waals surface area contributed by atoms with Crippen molar-refractivity contribution in [1.82, 2.24) is 9.47 Å². The summed E-state index contributed by atoms with van der Waals surface area (Å²) in [6.07, 6.45) is 9.76. The zero-order valence-electron chi connectivity index (χ0n) is 16.1. The molecule has 29 heavy (non-hydrogen) atoms. The van der Waals surface area contributed by atoms with E-state index in [1.165, 1.54) is 6.42 Å². The van der Waals surface area contributed by atoms with Gasteiger partial charge in [-0.2, -0.15) is 5.26 Å². The number of allylic oxidation sites excluding steroid dienone is 1. The molecule has 2 heterocycles.